The minimum Gasteiger partial charge on any atom is -0.494 e. The van der Waals surface area contributed by atoms with E-state index in [1.165, 1.54) is 18.2 Å². The fourth-order valence-electron chi connectivity index (χ4n) is 4.97. The van der Waals surface area contributed by atoms with Gasteiger partial charge in [0.15, 0.2) is 11.7 Å². The number of piperazine rings is 1. The summed E-state index contributed by atoms with van der Waals surface area (Å²) in [5.41, 5.74) is 3.95. The molecule has 1 fully saturated rings. The molecule has 0 unspecified atom stereocenters. The number of aromatic hydroxyl groups is 1. The van der Waals surface area contributed by atoms with Crippen LogP contribution in [-0.4, -0.2) is 68.6 Å². The van der Waals surface area contributed by atoms with E-state index >= 15 is 0 Å². The van der Waals surface area contributed by atoms with Crippen LogP contribution in [0.1, 0.15) is 21.5 Å². The Morgan fingerprint density at radius 3 is 2.47 bits per heavy atom. The van der Waals surface area contributed by atoms with Crippen molar-refractivity contribution in [3.05, 3.63) is 99.9 Å². The summed E-state index contributed by atoms with van der Waals surface area (Å²) in [6.45, 7) is 4.05. The number of rotatable bonds is 8. The van der Waals surface area contributed by atoms with Gasteiger partial charge in [-0.3, -0.25) is 14.5 Å². The van der Waals surface area contributed by atoms with Gasteiger partial charge in [-0.1, -0.05) is 35.9 Å². The van der Waals surface area contributed by atoms with Crippen molar-refractivity contribution in [2.75, 3.05) is 42.8 Å². The van der Waals surface area contributed by atoms with E-state index in [4.69, 9.17) is 11.6 Å². The number of carbonyl (C=O) groups is 1. The minimum atomic E-state index is -3.84. The molecule has 0 radical (unpaired) electrons. The van der Waals surface area contributed by atoms with Gasteiger partial charge in [0.05, 0.1) is 15.6 Å². The van der Waals surface area contributed by atoms with Crippen molar-refractivity contribution in [3.8, 4) is 5.88 Å². The number of anilines is 2. The Balaban J connectivity index is 1.18. The molecule has 1 aliphatic rings. The number of H-pyrrole nitrogens is 1. The van der Waals surface area contributed by atoms with Crippen LogP contribution in [0.2, 0.25) is 4.34 Å². The Bertz CT molecular complexity index is 1940. The van der Waals surface area contributed by atoms with Gasteiger partial charge in [0.1, 0.15) is 4.21 Å². The van der Waals surface area contributed by atoms with Crippen LogP contribution >= 0.6 is 22.9 Å². The van der Waals surface area contributed by atoms with Crippen molar-refractivity contribution in [2.24, 2.45) is 4.99 Å². The Morgan fingerprint density at radius 1 is 1.00 bits per heavy atom. The van der Waals surface area contributed by atoms with Gasteiger partial charge in [-0.25, -0.2) is 8.42 Å². The zero-order valence-electron chi connectivity index (χ0n) is 23.1. The van der Waals surface area contributed by atoms with Crippen molar-refractivity contribution >= 4 is 72.9 Å². The molecule has 12 heteroatoms. The second-order valence-corrected chi connectivity index (χ2v) is 13.9. The Labute approximate surface area is 258 Å². The standard InChI is InChI=1S/C31H28ClN5O4S2/c1-36-13-15-37(16-14-36)24-8-6-22(7-9-24)33-19-26-25-10-5-21(18-27(25)34-31(26)39)30(38)20-3-2-4-23(17-20)35-43(40,41)29-12-11-28(32)42-29/h2-12,17-19,34-35,39H,13-16H2,1H3. The molecule has 220 valence electrons. The average molecular weight is 634 g/mol. The van der Waals surface area contributed by atoms with Gasteiger partial charge < -0.3 is 19.9 Å². The lowest BCUT2D eigenvalue weighted by Gasteiger charge is -2.34. The summed E-state index contributed by atoms with van der Waals surface area (Å²) in [5.74, 6) is -0.352. The number of benzene rings is 3. The molecular weight excluding hydrogens is 606 g/mol. The Hall–Kier alpha value is -4.16. The maximum atomic E-state index is 13.3. The normalized spacial score (nSPS) is 14.5. The van der Waals surface area contributed by atoms with E-state index in [0.29, 0.717) is 31.9 Å². The first-order valence-corrected chi connectivity index (χ1v) is 16.2. The molecule has 0 bridgehead atoms. The van der Waals surface area contributed by atoms with Gasteiger partial charge in [0, 0.05) is 65.8 Å². The van der Waals surface area contributed by atoms with Gasteiger partial charge in [0.25, 0.3) is 10.0 Å². The number of likely N-dealkylation sites (N-methyl/N-ethyl adjacent to an activating group) is 1. The summed E-state index contributed by atoms with van der Waals surface area (Å²) in [6.07, 6.45) is 1.61. The highest BCUT2D eigenvalue weighted by molar-refractivity contribution is 7.94. The lowest BCUT2D eigenvalue weighted by atomic mass is 10.0. The van der Waals surface area contributed by atoms with Gasteiger partial charge in [-0.15, -0.1) is 11.3 Å². The number of hydrogen-bond acceptors (Lipinski definition) is 8. The monoisotopic (exact) mass is 633 g/mol. The fourth-order valence-corrected chi connectivity index (χ4v) is 7.50. The fraction of sp³-hybridized carbons (Fsp3) is 0.161. The van der Waals surface area contributed by atoms with E-state index in [2.05, 4.69) is 43.7 Å². The number of nitrogens with zero attached hydrogens (tertiary/aromatic N) is 3. The molecule has 3 N–H and O–H groups in total. The Kier molecular flexibility index (Phi) is 7.97. The van der Waals surface area contributed by atoms with E-state index in [1.807, 2.05) is 12.1 Å². The zero-order chi connectivity index (χ0) is 30.1. The number of nitrogens with one attached hydrogen (secondary N) is 2. The van der Waals surface area contributed by atoms with E-state index in [0.717, 1.165) is 48.9 Å². The topological polar surface area (TPSA) is 118 Å². The van der Waals surface area contributed by atoms with E-state index in [-0.39, 0.29) is 21.6 Å². The summed E-state index contributed by atoms with van der Waals surface area (Å²) < 4.78 is 28.3. The summed E-state index contributed by atoms with van der Waals surface area (Å²) in [4.78, 5) is 25.5. The predicted octanol–water partition coefficient (Wildman–Crippen LogP) is 6.12. The number of hydrogen-bond donors (Lipinski definition) is 3. The summed E-state index contributed by atoms with van der Waals surface area (Å²) in [7, 11) is -1.71. The molecule has 0 amide bonds. The predicted molar refractivity (Wildman–Crippen MR) is 173 cm³/mol. The first-order valence-electron chi connectivity index (χ1n) is 13.5. The number of aromatic nitrogens is 1. The van der Waals surface area contributed by atoms with Crippen molar-refractivity contribution in [2.45, 2.75) is 4.21 Å². The van der Waals surface area contributed by atoms with E-state index < -0.39 is 10.0 Å². The third-order valence-electron chi connectivity index (χ3n) is 7.33. The summed E-state index contributed by atoms with van der Waals surface area (Å²) in [6, 6.07) is 22.3. The van der Waals surface area contributed by atoms with Gasteiger partial charge in [-0.05, 0) is 61.6 Å². The smallest absolute Gasteiger partial charge is 0.271 e. The second kappa shape index (κ2) is 11.8. The van der Waals surface area contributed by atoms with Crippen molar-refractivity contribution in [3.63, 3.8) is 0 Å². The van der Waals surface area contributed by atoms with Crippen LogP contribution in [0.25, 0.3) is 10.9 Å². The highest BCUT2D eigenvalue weighted by atomic mass is 35.5. The lowest BCUT2D eigenvalue weighted by molar-refractivity contribution is 0.103. The molecule has 3 heterocycles. The SMILES string of the molecule is CN1CCN(c2ccc(N=Cc3c(O)[nH]c4cc(C(=O)c5cccc(NS(=O)(=O)c6ccc(Cl)s6)c5)ccc34)cc2)CC1. The number of sulfonamides is 1. The number of ketones is 1. The highest BCUT2D eigenvalue weighted by Gasteiger charge is 2.19. The van der Waals surface area contributed by atoms with Crippen LogP contribution in [0.15, 0.2) is 88.1 Å². The van der Waals surface area contributed by atoms with Crippen LogP contribution in [-0.2, 0) is 10.0 Å². The molecule has 3 aromatic carbocycles. The molecule has 5 aromatic rings. The lowest BCUT2D eigenvalue weighted by Crippen LogP contribution is -2.44. The average Bonchev–Trinajstić information content (AvgIpc) is 3.58. The molecule has 0 spiro atoms. The Morgan fingerprint density at radius 2 is 1.74 bits per heavy atom. The van der Waals surface area contributed by atoms with Gasteiger partial charge in [0.2, 0.25) is 0 Å². The van der Waals surface area contributed by atoms with E-state index in [9.17, 15) is 18.3 Å². The largest absolute Gasteiger partial charge is 0.494 e. The number of thiophene rings is 1. The second-order valence-electron chi connectivity index (χ2n) is 10.3. The van der Waals surface area contributed by atoms with Crippen LogP contribution in [0, 0.1) is 0 Å². The third kappa shape index (κ3) is 6.30. The number of aromatic amines is 1. The minimum absolute atomic E-state index is 0.0532. The number of fused-ring (bicyclic) bond motifs is 1. The highest BCUT2D eigenvalue weighted by Crippen LogP contribution is 2.30. The number of halogens is 1. The first kappa shape index (κ1) is 28.9. The van der Waals surface area contributed by atoms with Gasteiger partial charge >= 0.3 is 0 Å². The molecule has 6 rings (SSSR count). The number of aliphatic imine (C=N–C) groups is 1. The van der Waals surface area contributed by atoms with Crippen molar-refractivity contribution in [1.82, 2.24) is 9.88 Å². The molecule has 2 aromatic heterocycles. The maximum Gasteiger partial charge on any atom is 0.271 e. The van der Waals surface area contributed by atoms with Crippen LogP contribution in [0.3, 0.4) is 0 Å². The first-order chi connectivity index (χ1) is 20.7. The molecule has 1 aliphatic heterocycles. The number of carbonyl (C=O) groups excluding carboxylic acids is 1. The molecule has 1 saturated heterocycles. The molecule has 43 heavy (non-hydrogen) atoms. The third-order valence-corrected chi connectivity index (χ3v) is 10.4. The molecule has 0 aliphatic carbocycles. The van der Waals surface area contributed by atoms with Crippen LogP contribution in [0.4, 0.5) is 17.1 Å². The molecule has 0 atom stereocenters. The summed E-state index contributed by atoms with van der Waals surface area (Å²) >= 11 is 6.83. The van der Waals surface area contributed by atoms with Crippen molar-refractivity contribution < 1.29 is 18.3 Å². The van der Waals surface area contributed by atoms with Crippen LogP contribution in [0.5, 0.6) is 5.88 Å². The maximum absolute atomic E-state index is 13.3. The van der Waals surface area contributed by atoms with E-state index in [1.54, 1.807) is 42.6 Å². The zero-order valence-corrected chi connectivity index (χ0v) is 25.5. The molecular formula is C31H28ClN5O4S2. The molecule has 0 saturated carbocycles. The molecule has 9 nitrogen and oxygen atoms in total. The van der Waals surface area contributed by atoms with Crippen LogP contribution < -0.4 is 9.62 Å². The van der Waals surface area contributed by atoms with Gasteiger partial charge in [-0.2, -0.15) is 0 Å². The summed E-state index contributed by atoms with van der Waals surface area (Å²) in [5, 5.41) is 11.3. The quantitative estimate of drug-likeness (QED) is 0.140. The van der Waals surface area contributed by atoms with Crippen molar-refractivity contribution in [1.29, 1.82) is 0 Å².